The molecule has 1 heterocycles. The van der Waals surface area contributed by atoms with Crippen molar-refractivity contribution in [1.82, 2.24) is 10.2 Å². The number of halogens is 2. The fourth-order valence-electron chi connectivity index (χ4n) is 3.24. The van der Waals surface area contributed by atoms with Crippen molar-refractivity contribution < 1.29 is 18.7 Å². The molecular formula is C21H25ClFN3O3. The number of carbonyl (C=O) groups excluding carboxylic acids is 1. The molecule has 0 spiro atoms. The van der Waals surface area contributed by atoms with Gasteiger partial charge in [-0.1, -0.05) is 29.8 Å². The molecule has 3 rings (SSSR count). The van der Waals surface area contributed by atoms with Crippen LogP contribution in [0.15, 0.2) is 36.4 Å². The van der Waals surface area contributed by atoms with Crippen molar-refractivity contribution in [3.63, 3.8) is 0 Å². The van der Waals surface area contributed by atoms with Gasteiger partial charge in [-0.3, -0.25) is 9.69 Å². The molecule has 1 fully saturated rings. The van der Waals surface area contributed by atoms with E-state index in [1.807, 2.05) is 13.0 Å². The largest absolute Gasteiger partial charge is 0.493 e. The third kappa shape index (κ3) is 5.59. The van der Waals surface area contributed by atoms with E-state index in [2.05, 4.69) is 10.2 Å². The number of carbonyl (C=O) groups is 1. The second kappa shape index (κ2) is 9.91. The van der Waals surface area contributed by atoms with E-state index >= 15 is 0 Å². The van der Waals surface area contributed by atoms with E-state index in [9.17, 15) is 9.18 Å². The minimum Gasteiger partial charge on any atom is -0.493 e. The Bertz CT molecular complexity index is 865. The van der Waals surface area contributed by atoms with Gasteiger partial charge in [-0.15, -0.1) is 0 Å². The predicted molar refractivity (Wildman–Crippen MR) is 111 cm³/mol. The van der Waals surface area contributed by atoms with Gasteiger partial charge >= 0.3 is 0 Å². The van der Waals surface area contributed by atoms with Gasteiger partial charge in [0.25, 0.3) is 5.91 Å². The van der Waals surface area contributed by atoms with E-state index in [-0.39, 0.29) is 17.8 Å². The summed E-state index contributed by atoms with van der Waals surface area (Å²) < 4.78 is 25.2. The molecule has 29 heavy (non-hydrogen) atoms. The number of morpholine rings is 1. The van der Waals surface area contributed by atoms with Crippen molar-refractivity contribution in [2.75, 3.05) is 38.6 Å². The van der Waals surface area contributed by atoms with Crippen LogP contribution in [0.4, 0.5) is 10.1 Å². The second-order valence-electron chi connectivity index (χ2n) is 6.83. The summed E-state index contributed by atoms with van der Waals surface area (Å²) in [5.41, 5.74) is 7.13. The minimum absolute atomic E-state index is 0.195. The van der Waals surface area contributed by atoms with Crippen LogP contribution in [0.5, 0.6) is 5.75 Å². The van der Waals surface area contributed by atoms with Crippen molar-refractivity contribution >= 4 is 23.2 Å². The molecule has 0 aliphatic carbocycles. The van der Waals surface area contributed by atoms with Crippen molar-refractivity contribution in [2.24, 2.45) is 0 Å². The van der Waals surface area contributed by atoms with Crippen LogP contribution >= 0.6 is 11.6 Å². The first kappa shape index (κ1) is 21.4. The minimum atomic E-state index is -0.315. The molecule has 0 saturated carbocycles. The topological polar surface area (TPSA) is 76.8 Å². The number of hydrogen-bond donors (Lipinski definition) is 2. The van der Waals surface area contributed by atoms with E-state index in [0.29, 0.717) is 67.0 Å². The highest BCUT2D eigenvalue weighted by Crippen LogP contribution is 2.29. The average molecular weight is 422 g/mol. The smallest absolute Gasteiger partial charge is 0.255 e. The van der Waals surface area contributed by atoms with Crippen LogP contribution in [-0.2, 0) is 11.3 Å². The molecule has 8 heteroatoms. The zero-order valence-electron chi connectivity index (χ0n) is 16.3. The summed E-state index contributed by atoms with van der Waals surface area (Å²) in [4.78, 5) is 14.8. The quantitative estimate of drug-likeness (QED) is 0.672. The number of nitrogen functional groups attached to an aromatic ring is 1. The highest BCUT2D eigenvalue weighted by atomic mass is 35.5. The summed E-state index contributed by atoms with van der Waals surface area (Å²) in [6.45, 7) is 4.87. The molecule has 0 aromatic heterocycles. The molecule has 0 bridgehead atoms. The number of nitrogens with one attached hydrogen (secondary N) is 1. The van der Waals surface area contributed by atoms with Crippen LogP contribution in [0.3, 0.4) is 0 Å². The SMILES string of the molecule is CCOc1cc(N)c(Cl)cc1C(=O)NCC1CN(Cc2ccccc2F)CCO1. The Labute approximate surface area is 174 Å². The van der Waals surface area contributed by atoms with Gasteiger partial charge in [0, 0.05) is 37.8 Å². The fourth-order valence-corrected chi connectivity index (χ4v) is 3.40. The van der Waals surface area contributed by atoms with Crippen LogP contribution in [0, 0.1) is 5.82 Å². The Morgan fingerprint density at radius 1 is 1.41 bits per heavy atom. The molecule has 1 aliphatic heterocycles. The molecule has 1 amide bonds. The van der Waals surface area contributed by atoms with Crippen LogP contribution in [0.1, 0.15) is 22.8 Å². The standard InChI is InChI=1S/C21H25ClFN3O3/c1-2-28-20-10-19(24)17(22)9-16(20)21(27)25-11-15-13-26(7-8-29-15)12-14-5-3-4-6-18(14)23/h3-6,9-10,15H,2,7-8,11-13,24H2,1H3,(H,25,27). The molecule has 1 unspecified atom stereocenters. The van der Waals surface area contributed by atoms with Gasteiger partial charge in [-0.2, -0.15) is 0 Å². The highest BCUT2D eigenvalue weighted by molar-refractivity contribution is 6.33. The summed E-state index contributed by atoms with van der Waals surface area (Å²) in [5.74, 6) is -0.143. The molecule has 0 radical (unpaired) electrons. The summed E-state index contributed by atoms with van der Waals surface area (Å²) in [6, 6.07) is 9.79. The third-order valence-electron chi connectivity index (χ3n) is 4.71. The lowest BCUT2D eigenvalue weighted by molar-refractivity contribution is -0.0295. The van der Waals surface area contributed by atoms with E-state index in [1.54, 1.807) is 18.2 Å². The first-order chi connectivity index (χ1) is 14.0. The Morgan fingerprint density at radius 2 is 2.21 bits per heavy atom. The van der Waals surface area contributed by atoms with Gasteiger partial charge in [0.05, 0.1) is 35.6 Å². The van der Waals surface area contributed by atoms with Gasteiger partial charge in [-0.25, -0.2) is 4.39 Å². The maximum Gasteiger partial charge on any atom is 0.255 e. The van der Waals surface area contributed by atoms with Crippen LogP contribution < -0.4 is 15.8 Å². The van der Waals surface area contributed by atoms with Gasteiger partial charge in [0.2, 0.25) is 0 Å². The first-order valence-corrected chi connectivity index (χ1v) is 9.93. The van der Waals surface area contributed by atoms with Crippen molar-refractivity contribution in [2.45, 2.75) is 19.6 Å². The lowest BCUT2D eigenvalue weighted by atomic mass is 10.1. The lowest BCUT2D eigenvalue weighted by Gasteiger charge is -2.33. The molecule has 2 aromatic carbocycles. The van der Waals surface area contributed by atoms with Gasteiger partial charge in [0.15, 0.2) is 0 Å². The molecule has 1 aliphatic rings. The van der Waals surface area contributed by atoms with Crippen molar-refractivity contribution in [1.29, 1.82) is 0 Å². The van der Waals surface area contributed by atoms with E-state index in [0.717, 1.165) is 0 Å². The maximum atomic E-state index is 13.9. The molecule has 6 nitrogen and oxygen atoms in total. The molecule has 156 valence electrons. The fraction of sp³-hybridized carbons (Fsp3) is 0.381. The van der Waals surface area contributed by atoms with Gasteiger partial charge < -0.3 is 20.5 Å². The normalized spacial score (nSPS) is 17.1. The number of hydrogen-bond acceptors (Lipinski definition) is 5. The zero-order valence-corrected chi connectivity index (χ0v) is 17.0. The monoisotopic (exact) mass is 421 g/mol. The lowest BCUT2D eigenvalue weighted by Crippen LogP contribution is -2.47. The second-order valence-corrected chi connectivity index (χ2v) is 7.24. The van der Waals surface area contributed by atoms with E-state index in [1.165, 1.54) is 12.1 Å². The summed E-state index contributed by atoms with van der Waals surface area (Å²) in [7, 11) is 0. The number of benzene rings is 2. The van der Waals surface area contributed by atoms with Crippen molar-refractivity contribution in [3.05, 3.63) is 58.4 Å². The predicted octanol–water partition coefficient (Wildman–Crippen LogP) is 3.09. The highest BCUT2D eigenvalue weighted by Gasteiger charge is 2.23. The third-order valence-corrected chi connectivity index (χ3v) is 5.04. The maximum absolute atomic E-state index is 13.9. The summed E-state index contributed by atoms with van der Waals surface area (Å²) >= 11 is 6.07. The first-order valence-electron chi connectivity index (χ1n) is 9.55. The van der Waals surface area contributed by atoms with Crippen LogP contribution in [-0.4, -0.2) is 49.8 Å². The van der Waals surface area contributed by atoms with Crippen molar-refractivity contribution in [3.8, 4) is 5.75 Å². The molecule has 1 atom stereocenters. The van der Waals surface area contributed by atoms with Crippen LogP contribution in [0.25, 0.3) is 0 Å². The summed E-state index contributed by atoms with van der Waals surface area (Å²) in [5, 5.41) is 3.16. The number of nitrogens with two attached hydrogens (primary N) is 1. The Kier molecular flexibility index (Phi) is 7.30. The molecule has 3 N–H and O–H groups in total. The number of ether oxygens (including phenoxy) is 2. The number of amides is 1. The molecule has 1 saturated heterocycles. The summed E-state index contributed by atoms with van der Waals surface area (Å²) in [6.07, 6.45) is -0.195. The number of nitrogens with zero attached hydrogens (tertiary/aromatic N) is 1. The van der Waals surface area contributed by atoms with Gasteiger partial charge in [0.1, 0.15) is 11.6 Å². The number of anilines is 1. The molecular weight excluding hydrogens is 397 g/mol. The van der Waals surface area contributed by atoms with E-state index < -0.39 is 0 Å². The Morgan fingerprint density at radius 3 is 2.97 bits per heavy atom. The van der Waals surface area contributed by atoms with Crippen LogP contribution in [0.2, 0.25) is 5.02 Å². The average Bonchev–Trinajstić information content (AvgIpc) is 2.71. The number of rotatable bonds is 7. The Balaban J connectivity index is 1.59. The van der Waals surface area contributed by atoms with E-state index in [4.69, 9.17) is 26.8 Å². The van der Waals surface area contributed by atoms with Gasteiger partial charge in [-0.05, 0) is 19.1 Å². The molecule has 2 aromatic rings. The Hall–Kier alpha value is -2.35. The zero-order chi connectivity index (χ0) is 20.8.